The van der Waals surface area contributed by atoms with Crippen molar-refractivity contribution in [3.05, 3.63) is 65.0 Å². The smallest absolute Gasteiger partial charge is 0.329 e. The summed E-state index contributed by atoms with van der Waals surface area (Å²) in [6, 6.07) is 10.9. The van der Waals surface area contributed by atoms with Gasteiger partial charge >= 0.3 is 5.97 Å². The minimum Gasteiger partial charge on any atom is -0.458 e. The van der Waals surface area contributed by atoms with Crippen LogP contribution >= 0.6 is 0 Å². The number of esters is 1. The molecule has 1 saturated heterocycles. The lowest BCUT2D eigenvalue weighted by Gasteiger charge is -2.50. The van der Waals surface area contributed by atoms with Crippen molar-refractivity contribution in [3.63, 3.8) is 0 Å². The Kier molecular flexibility index (Phi) is 7.83. The minimum absolute atomic E-state index is 0.0868. The number of aromatic nitrogens is 1. The van der Waals surface area contributed by atoms with Crippen LogP contribution in [0.5, 0.6) is 0 Å². The van der Waals surface area contributed by atoms with E-state index in [-0.39, 0.29) is 18.2 Å². The lowest BCUT2D eigenvalue weighted by molar-refractivity contribution is -0.174. The second-order valence-corrected chi connectivity index (χ2v) is 11.0. The number of nitrogens with zero attached hydrogens (tertiary/aromatic N) is 2. The van der Waals surface area contributed by atoms with Crippen LogP contribution < -0.4 is 0 Å². The molecule has 0 spiro atoms. The number of amides is 1. The molecule has 2 aromatic rings. The first-order chi connectivity index (χ1) is 16.4. The Bertz CT molecular complexity index is 1070. The van der Waals surface area contributed by atoms with Gasteiger partial charge in [-0.25, -0.2) is 4.79 Å². The maximum Gasteiger partial charge on any atom is 0.329 e. The number of hydrogen-bond donors (Lipinski definition) is 0. The van der Waals surface area contributed by atoms with Crippen molar-refractivity contribution in [1.82, 2.24) is 9.88 Å². The first-order valence-electron chi connectivity index (χ1n) is 12.4. The molecule has 1 aliphatic rings. The van der Waals surface area contributed by atoms with E-state index in [0.717, 1.165) is 28.7 Å². The molecule has 6 nitrogen and oxygen atoms in total. The predicted molar refractivity (Wildman–Crippen MR) is 136 cm³/mol. The molecule has 188 valence electrons. The summed E-state index contributed by atoms with van der Waals surface area (Å²) < 4.78 is 5.76. The molecule has 0 bridgehead atoms. The lowest BCUT2D eigenvalue weighted by atomic mass is 9.67. The van der Waals surface area contributed by atoms with E-state index < -0.39 is 29.1 Å². The molecule has 0 aliphatic carbocycles. The molecule has 1 fully saturated rings. The van der Waals surface area contributed by atoms with Gasteiger partial charge in [-0.2, -0.15) is 0 Å². The zero-order chi connectivity index (χ0) is 26.0. The zero-order valence-corrected chi connectivity index (χ0v) is 22.0. The fourth-order valence-electron chi connectivity index (χ4n) is 5.06. The van der Waals surface area contributed by atoms with E-state index in [1.54, 1.807) is 11.1 Å². The van der Waals surface area contributed by atoms with E-state index in [2.05, 4.69) is 12.1 Å². The van der Waals surface area contributed by atoms with Crippen molar-refractivity contribution < 1.29 is 19.1 Å². The minimum atomic E-state index is -0.938. The molecule has 4 atom stereocenters. The Morgan fingerprint density at radius 3 is 2.49 bits per heavy atom. The van der Waals surface area contributed by atoms with Crippen LogP contribution in [0.25, 0.3) is 0 Å². The molecule has 35 heavy (non-hydrogen) atoms. The Hall–Kier alpha value is -3.02. The van der Waals surface area contributed by atoms with Crippen molar-refractivity contribution in [3.8, 4) is 0 Å². The summed E-state index contributed by atoms with van der Waals surface area (Å²) in [5, 5.41) is 0. The molecule has 1 amide bonds. The van der Waals surface area contributed by atoms with E-state index in [9.17, 15) is 14.4 Å². The molecule has 0 N–H and O–H groups in total. The quantitative estimate of drug-likeness (QED) is 0.389. The molecule has 1 aliphatic heterocycles. The number of hydrogen-bond acceptors (Lipinski definition) is 5. The van der Waals surface area contributed by atoms with E-state index in [1.165, 1.54) is 0 Å². The Labute approximate surface area is 209 Å². The van der Waals surface area contributed by atoms with Gasteiger partial charge in [-0.15, -0.1) is 0 Å². The third-order valence-electron chi connectivity index (χ3n) is 6.74. The molecule has 0 radical (unpaired) electrons. The van der Waals surface area contributed by atoms with Gasteiger partial charge in [0.15, 0.2) is 0 Å². The van der Waals surface area contributed by atoms with Crippen LogP contribution in [0, 0.1) is 19.3 Å². The lowest BCUT2D eigenvalue weighted by Crippen LogP contribution is -2.58. The number of piperidine rings is 1. The Morgan fingerprint density at radius 1 is 1.23 bits per heavy atom. The van der Waals surface area contributed by atoms with Gasteiger partial charge in [-0.3, -0.25) is 9.78 Å². The van der Waals surface area contributed by atoms with Gasteiger partial charge in [0.2, 0.25) is 5.91 Å². The number of carbonyl (C=O) groups excluding carboxylic acids is 3. The summed E-state index contributed by atoms with van der Waals surface area (Å²) in [7, 11) is 0. The van der Waals surface area contributed by atoms with E-state index >= 15 is 0 Å². The van der Waals surface area contributed by atoms with Crippen LogP contribution in [0.1, 0.15) is 88.2 Å². The predicted octanol–water partition coefficient (Wildman–Crippen LogP) is 5.47. The van der Waals surface area contributed by atoms with Gasteiger partial charge in [-0.05, 0) is 64.7 Å². The number of ether oxygens (including phenoxy) is 1. The zero-order valence-electron chi connectivity index (χ0n) is 22.0. The number of pyridine rings is 1. The van der Waals surface area contributed by atoms with Gasteiger partial charge in [-0.1, -0.05) is 49.7 Å². The Balaban J connectivity index is 2.24. The number of aryl methyl sites for hydroxylation is 2. The summed E-state index contributed by atoms with van der Waals surface area (Å²) in [5.74, 6) is -0.799. The van der Waals surface area contributed by atoms with Crippen LogP contribution in [0.2, 0.25) is 0 Å². The molecule has 3 rings (SSSR count). The summed E-state index contributed by atoms with van der Waals surface area (Å²) >= 11 is 0. The first kappa shape index (κ1) is 26.6. The van der Waals surface area contributed by atoms with Gasteiger partial charge in [0.05, 0.1) is 17.2 Å². The van der Waals surface area contributed by atoms with E-state index in [4.69, 9.17) is 9.72 Å². The molecule has 2 heterocycles. The monoisotopic (exact) mass is 478 g/mol. The van der Waals surface area contributed by atoms with Crippen molar-refractivity contribution in [2.45, 2.75) is 91.3 Å². The average molecular weight is 479 g/mol. The molecule has 1 aromatic heterocycles. The van der Waals surface area contributed by atoms with Crippen molar-refractivity contribution in [2.75, 3.05) is 0 Å². The third kappa shape index (κ3) is 5.80. The normalized spacial score (nSPS) is 23.6. The van der Waals surface area contributed by atoms with Gasteiger partial charge in [0.1, 0.15) is 17.9 Å². The summed E-state index contributed by atoms with van der Waals surface area (Å²) in [6.07, 6.45) is 3.56. The second-order valence-electron chi connectivity index (χ2n) is 11.0. The van der Waals surface area contributed by atoms with Gasteiger partial charge in [0, 0.05) is 18.5 Å². The molecule has 0 unspecified atom stereocenters. The largest absolute Gasteiger partial charge is 0.458 e. The first-order valence-corrected chi connectivity index (χ1v) is 12.4. The molecular weight excluding hydrogens is 440 g/mol. The number of rotatable bonds is 7. The number of benzene rings is 1. The summed E-state index contributed by atoms with van der Waals surface area (Å²) in [6.45, 7) is 13.2. The number of likely N-dealkylation sites (tertiary alicyclic amines) is 1. The highest BCUT2D eigenvalue weighted by Gasteiger charge is 2.53. The van der Waals surface area contributed by atoms with Crippen molar-refractivity contribution in [1.29, 1.82) is 0 Å². The van der Waals surface area contributed by atoms with Gasteiger partial charge < -0.3 is 14.4 Å². The van der Waals surface area contributed by atoms with Crippen LogP contribution in [0.4, 0.5) is 0 Å². The van der Waals surface area contributed by atoms with Crippen molar-refractivity contribution in [2.24, 2.45) is 5.41 Å². The second kappa shape index (κ2) is 10.3. The average Bonchev–Trinajstić information content (AvgIpc) is 2.77. The fraction of sp³-hybridized carbons (Fsp3) is 0.517. The Morgan fingerprint density at radius 2 is 1.94 bits per heavy atom. The highest BCUT2D eigenvalue weighted by Crippen LogP contribution is 2.51. The van der Waals surface area contributed by atoms with Crippen LogP contribution in [-0.2, 0) is 19.1 Å². The van der Waals surface area contributed by atoms with Crippen LogP contribution in [-0.4, -0.2) is 39.7 Å². The number of aldehydes is 1. The third-order valence-corrected chi connectivity index (χ3v) is 6.74. The molecule has 6 heteroatoms. The topological polar surface area (TPSA) is 76.6 Å². The molecule has 1 aromatic carbocycles. The van der Waals surface area contributed by atoms with Gasteiger partial charge in [0.25, 0.3) is 0 Å². The van der Waals surface area contributed by atoms with Crippen LogP contribution in [0.15, 0.2) is 42.6 Å². The van der Waals surface area contributed by atoms with Crippen LogP contribution in [0.3, 0.4) is 0 Å². The van der Waals surface area contributed by atoms with E-state index in [0.29, 0.717) is 12.8 Å². The maximum absolute atomic E-state index is 14.1. The molecule has 0 saturated carbocycles. The van der Waals surface area contributed by atoms with E-state index in [1.807, 2.05) is 72.7 Å². The SMILES string of the molecule is CC[C@@H](C(=O)OC(C)(C)C)N1C(=O)[C@@](C)(CC=O)C[C@H](c2cccc(C)c2)[C@H]1c1ccc(C)cn1. The highest BCUT2D eigenvalue weighted by atomic mass is 16.6. The fourth-order valence-corrected chi connectivity index (χ4v) is 5.06. The molecular formula is C29H38N2O4. The highest BCUT2D eigenvalue weighted by molar-refractivity contribution is 5.90. The summed E-state index contributed by atoms with van der Waals surface area (Å²) in [4.78, 5) is 45.6. The maximum atomic E-state index is 14.1. The van der Waals surface area contributed by atoms with Crippen molar-refractivity contribution >= 4 is 18.2 Å². The number of carbonyl (C=O) groups is 3. The summed E-state index contributed by atoms with van der Waals surface area (Å²) in [5.41, 5.74) is 2.28. The standard InChI is InChI=1S/C29H38N2O4/c1-8-24(26(33)35-28(4,5)6)31-25(23-13-12-20(3)18-30-23)22(21-11-9-10-19(2)16-21)17-29(7,14-15-32)27(31)34/h9-13,15-16,18,22,24-25H,8,14,17H2,1-7H3/t22-,24+,25+,29+/m1/s1.